The van der Waals surface area contributed by atoms with Gasteiger partial charge in [-0.2, -0.15) is 0 Å². The molecule has 0 radical (unpaired) electrons. The number of likely N-dealkylation sites (N-methyl/N-ethyl adjacent to an activating group) is 1. The van der Waals surface area contributed by atoms with Gasteiger partial charge in [-0.05, 0) is 60.9 Å². The maximum absolute atomic E-state index is 13.3. The van der Waals surface area contributed by atoms with Gasteiger partial charge in [0.25, 0.3) is 0 Å². The molecular formula is C14H22BrFN2. The van der Waals surface area contributed by atoms with Crippen molar-refractivity contribution in [3.8, 4) is 0 Å². The Labute approximate surface area is 117 Å². The molecule has 0 aliphatic carbocycles. The molecule has 0 aliphatic heterocycles. The molecule has 0 fully saturated rings. The van der Waals surface area contributed by atoms with Gasteiger partial charge in [0.1, 0.15) is 5.82 Å². The van der Waals surface area contributed by atoms with Gasteiger partial charge in [0.2, 0.25) is 0 Å². The fraction of sp³-hybridized carbons (Fsp3) is 0.571. The molecule has 1 aromatic carbocycles. The molecule has 4 heteroatoms. The van der Waals surface area contributed by atoms with Gasteiger partial charge in [0.15, 0.2) is 0 Å². The second kappa shape index (κ2) is 6.13. The van der Waals surface area contributed by atoms with Crippen LogP contribution in [0.2, 0.25) is 0 Å². The van der Waals surface area contributed by atoms with Crippen molar-refractivity contribution in [3.63, 3.8) is 0 Å². The van der Waals surface area contributed by atoms with E-state index in [1.165, 1.54) is 6.07 Å². The summed E-state index contributed by atoms with van der Waals surface area (Å²) in [6, 6.07) is 5.20. The Balaban J connectivity index is 3.06. The van der Waals surface area contributed by atoms with E-state index in [4.69, 9.17) is 5.73 Å². The Bertz CT molecular complexity index is 407. The van der Waals surface area contributed by atoms with E-state index in [-0.39, 0.29) is 17.4 Å². The van der Waals surface area contributed by atoms with Crippen molar-refractivity contribution in [3.05, 3.63) is 34.1 Å². The summed E-state index contributed by atoms with van der Waals surface area (Å²) in [4.78, 5) is 2.26. The number of rotatable bonds is 5. The maximum atomic E-state index is 13.3. The molecule has 18 heavy (non-hydrogen) atoms. The van der Waals surface area contributed by atoms with Crippen LogP contribution in [0.15, 0.2) is 22.7 Å². The molecule has 0 aromatic heterocycles. The van der Waals surface area contributed by atoms with Gasteiger partial charge in [-0.15, -0.1) is 0 Å². The number of nitrogens with zero attached hydrogens (tertiary/aromatic N) is 1. The molecule has 0 amide bonds. The van der Waals surface area contributed by atoms with Gasteiger partial charge >= 0.3 is 0 Å². The van der Waals surface area contributed by atoms with E-state index in [2.05, 4.69) is 48.6 Å². The topological polar surface area (TPSA) is 29.3 Å². The summed E-state index contributed by atoms with van der Waals surface area (Å²) < 4.78 is 13.8. The van der Waals surface area contributed by atoms with Crippen LogP contribution in [0.1, 0.15) is 38.8 Å². The van der Waals surface area contributed by atoms with Gasteiger partial charge in [-0.25, -0.2) is 4.39 Å². The minimum atomic E-state index is -0.244. The second-order valence-electron chi connectivity index (χ2n) is 5.20. The lowest BCUT2D eigenvalue weighted by atomic mass is 9.95. The number of hydrogen-bond donors (Lipinski definition) is 1. The third-order valence-electron chi connectivity index (χ3n) is 3.84. The zero-order valence-corrected chi connectivity index (χ0v) is 13.1. The number of hydrogen-bond acceptors (Lipinski definition) is 2. The third-order valence-corrected chi connectivity index (χ3v) is 4.45. The average molecular weight is 317 g/mol. The lowest BCUT2D eigenvalue weighted by Gasteiger charge is -2.40. The van der Waals surface area contributed by atoms with Crippen LogP contribution >= 0.6 is 15.9 Å². The molecule has 0 bridgehead atoms. The Morgan fingerprint density at radius 1 is 1.44 bits per heavy atom. The first-order valence-electron chi connectivity index (χ1n) is 6.21. The highest BCUT2D eigenvalue weighted by atomic mass is 79.9. The summed E-state index contributed by atoms with van der Waals surface area (Å²) in [6.07, 6.45) is 1.03. The largest absolute Gasteiger partial charge is 0.329 e. The normalized spacial score (nSPS) is 14.0. The van der Waals surface area contributed by atoms with Crippen LogP contribution in [0.25, 0.3) is 0 Å². The summed E-state index contributed by atoms with van der Waals surface area (Å²) in [7, 11) is 2.07. The number of halogens is 2. The van der Waals surface area contributed by atoms with Crippen molar-refractivity contribution in [1.82, 2.24) is 4.90 Å². The molecule has 0 spiro atoms. The Morgan fingerprint density at radius 3 is 2.50 bits per heavy atom. The van der Waals surface area contributed by atoms with E-state index in [0.717, 1.165) is 12.0 Å². The van der Waals surface area contributed by atoms with Crippen molar-refractivity contribution in [2.45, 2.75) is 38.8 Å². The highest BCUT2D eigenvalue weighted by Gasteiger charge is 2.28. The van der Waals surface area contributed by atoms with Crippen molar-refractivity contribution in [1.29, 1.82) is 0 Å². The zero-order chi connectivity index (χ0) is 13.9. The van der Waals surface area contributed by atoms with Crippen LogP contribution in [0, 0.1) is 5.82 Å². The molecule has 1 unspecified atom stereocenters. The zero-order valence-electron chi connectivity index (χ0n) is 11.5. The fourth-order valence-electron chi connectivity index (χ4n) is 1.91. The molecule has 0 saturated carbocycles. The Morgan fingerprint density at radius 2 is 2.06 bits per heavy atom. The van der Waals surface area contributed by atoms with E-state index in [9.17, 15) is 4.39 Å². The SMILES string of the molecule is CCC(C)(C)N(C)C(CN)c1ccc(F)c(Br)c1. The Kier molecular flexibility index (Phi) is 5.32. The van der Waals surface area contributed by atoms with Crippen molar-refractivity contribution < 1.29 is 4.39 Å². The van der Waals surface area contributed by atoms with Crippen LogP contribution in [-0.4, -0.2) is 24.0 Å². The lowest BCUT2D eigenvalue weighted by Crippen LogP contribution is -2.45. The van der Waals surface area contributed by atoms with E-state index in [1.54, 1.807) is 6.07 Å². The van der Waals surface area contributed by atoms with Gasteiger partial charge in [0, 0.05) is 18.1 Å². The Hall–Kier alpha value is -0.450. The molecule has 1 rings (SSSR count). The standard InChI is InChI=1S/C14H22BrFN2/c1-5-14(2,3)18(4)13(9-17)10-6-7-12(16)11(15)8-10/h6-8,13H,5,9,17H2,1-4H3. The van der Waals surface area contributed by atoms with E-state index in [1.807, 2.05) is 6.07 Å². The monoisotopic (exact) mass is 316 g/mol. The van der Waals surface area contributed by atoms with Gasteiger partial charge in [-0.3, -0.25) is 4.90 Å². The van der Waals surface area contributed by atoms with Gasteiger partial charge < -0.3 is 5.73 Å². The first-order valence-corrected chi connectivity index (χ1v) is 7.00. The number of benzene rings is 1. The maximum Gasteiger partial charge on any atom is 0.137 e. The summed E-state index contributed by atoms with van der Waals surface area (Å²) >= 11 is 3.23. The van der Waals surface area contributed by atoms with Crippen LogP contribution in [0.3, 0.4) is 0 Å². The van der Waals surface area contributed by atoms with Crippen molar-refractivity contribution >= 4 is 15.9 Å². The van der Waals surface area contributed by atoms with Crippen molar-refractivity contribution in [2.24, 2.45) is 5.73 Å². The van der Waals surface area contributed by atoms with Crippen molar-refractivity contribution in [2.75, 3.05) is 13.6 Å². The van der Waals surface area contributed by atoms with Gasteiger partial charge in [0.05, 0.1) is 4.47 Å². The lowest BCUT2D eigenvalue weighted by molar-refractivity contribution is 0.100. The minimum absolute atomic E-state index is 0.0604. The smallest absolute Gasteiger partial charge is 0.137 e. The predicted molar refractivity (Wildman–Crippen MR) is 78.0 cm³/mol. The molecule has 2 N–H and O–H groups in total. The highest BCUT2D eigenvalue weighted by molar-refractivity contribution is 9.10. The molecule has 102 valence electrons. The summed E-state index contributed by atoms with van der Waals surface area (Å²) in [6.45, 7) is 7.05. The summed E-state index contributed by atoms with van der Waals surface area (Å²) in [5, 5.41) is 0. The number of nitrogens with two attached hydrogens (primary N) is 1. The molecule has 1 atom stereocenters. The summed E-state index contributed by atoms with van der Waals surface area (Å²) in [5.74, 6) is -0.244. The first-order chi connectivity index (χ1) is 8.33. The second-order valence-corrected chi connectivity index (χ2v) is 6.06. The first kappa shape index (κ1) is 15.6. The van der Waals surface area contributed by atoms with Crippen LogP contribution in [0.4, 0.5) is 4.39 Å². The van der Waals surface area contributed by atoms with E-state index >= 15 is 0 Å². The van der Waals surface area contributed by atoms with E-state index < -0.39 is 0 Å². The molecule has 0 saturated heterocycles. The molecule has 2 nitrogen and oxygen atoms in total. The predicted octanol–water partition coefficient (Wildman–Crippen LogP) is 3.71. The molecule has 0 aliphatic rings. The quantitative estimate of drug-likeness (QED) is 0.897. The fourth-order valence-corrected chi connectivity index (χ4v) is 2.31. The van der Waals surface area contributed by atoms with E-state index in [0.29, 0.717) is 11.0 Å². The average Bonchev–Trinajstić information content (AvgIpc) is 2.34. The minimum Gasteiger partial charge on any atom is -0.329 e. The third kappa shape index (κ3) is 3.31. The van der Waals surface area contributed by atoms with Gasteiger partial charge in [-0.1, -0.05) is 13.0 Å². The molecular weight excluding hydrogens is 295 g/mol. The van der Waals surface area contributed by atoms with Crippen LogP contribution < -0.4 is 5.73 Å². The highest BCUT2D eigenvalue weighted by Crippen LogP contribution is 2.30. The molecule has 1 aromatic rings. The summed E-state index contributed by atoms with van der Waals surface area (Å²) in [5.41, 5.74) is 6.99. The molecule has 0 heterocycles. The van der Waals surface area contributed by atoms with Crippen LogP contribution in [0.5, 0.6) is 0 Å². The van der Waals surface area contributed by atoms with Crippen LogP contribution in [-0.2, 0) is 0 Å².